The molecule has 0 spiro atoms. The Bertz CT molecular complexity index is 477. The molecule has 2 heterocycles. The molecule has 0 aliphatic carbocycles. The molecule has 0 aromatic carbocycles. The van der Waals surface area contributed by atoms with Crippen LogP contribution in [0.15, 0.2) is 12.4 Å². The number of carbonyl (C=O) groups is 1. The van der Waals surface area contributed by atoms with Crippen molar-refractivity contribution < 1.29 is 4.79 Å². The molecule has 1 aliphatic heterocycles. The van der Waals surface area contributed by atoms with E-state index in [1.54, 1.807) is 12.4 Å². The summed E-state index contributed by atoms with van der Waals surface area (Å²) in [4.78, 5) is 25.1. The highest BCUT2D eigenvalue weighted by Crippen LogP contribution is 2.16. The summed E-state index contributed by atoms with van der Waals surface area (Å²) >= 11 is 0. The number of hydrogen-bond donors (Lipinski definition) is 1. The molecule has 6 nitrogen and oxygen atoms in total. The third-order valence-corrected chi connectivity index (χ3v) is 3.82. The van der Waals surface area contributed by atoms with Crippen LogP contribution < -0.4 is 5.32 Å². The van der Waals surface area contributed by atoms with E-state index in [1.165, 1.54) is 0 Å². The molecule has 0 radical (unpaired) electrons. The van der Waals surface area contributed by atoms with Gasteiger partial charge in [0.2, 0.25) is 0 Å². The number of aromatic nitrogens is 2. The Morgan fingerprint density at radius 1 is 1.48 bits per heavy atom. The molecule has 0 saturated carbocycles. The molecule has 1 atom stereocenters. The van der Waals surface area contributed by atoms with Crippen molar-refractivity contribution in [3.8, 4) is 0 Å². The van der Waals surface area contributed by atoms with Gasteiger partial charge in [-0.3, -0.25) is 9.78 Å². The van der Waals surface area contributed by atoms with Crippen molar-refractivity contribution >= 4 is 11.7 Å². The quantitative estimate of drug-likeness (QED) is 0.890. The molecule has 1 saturated heterocycles. The third kappa shape index (κ3) is 4.14. The molecule has 6 heteroatoms. The lowest BCUT2D eigenvalue weighted by atomic mass is 10.0. The summed E-state index contributed by atoms with van der Waals surface area (Å²) in [5.41, 5.74) is 0.426. The summed E-state index contributed by atoms with van der Waals surface area (Å²) in [6, 6.07) is 0.428. The van der Waals surface area contributed by atoms with Gasteiger partial charge < -0.3 is 15.1 Å². The van der Waals surface area contributed by atoms with Crippen molar-refractivity contribution in [2.45, 2.75) is 32.2 Å². The van der Waals surface area contributed by atoms with Crippen LogP contribution >= 0.6 is 0 Å². The molecule has 21 heavy (non-hydrogen) atoms. The summed E-state index contributed by atoms with van der Waals surface area (Å²) < 4.78 is 0. The van der Waals surface area contributed by atoms with E-state index in [0.29, 0.717) is 17.6 Å². The summed E-state index contributed by atoms with van der Waals surface area (Å²) in [6.07, 6.45) is 6.40. The van der Waals surface area contributed by atoms with E-state index in [2.05, 4.69) is 41.2 Å². The lowest BCUT2D eigenvalue weighted by molar-refractivity contribution is 0.0629. The van der Waals surface area contributed by atoms with Crippen LogP contribution in [0, 0.1) is 0 Å². The van der Waals surface area contributed by atoms with Crippen molar-refractivity contribution in [3.05, 3.63) is 18.1 Å². The van der Waals surface area contributed by atoms with Gasteiger partial charge in [-0.05, 0) is 33.4 Å². The monoisotopic (exact) mass is 291 g/mol. The maximum atomic E-state index is 12.6. The fraction of sp³-hybridized carbons (Fsp3) is 0.667. The molecule has 1 aliphatic rings. The largest absolute Gasteiger partial charge is 0.369 e. The molecule has 1 N–H and O–H groups in total. The molecule has 1 unspecified atom stereocenters. The first-order valence-electron chi connectivity index (χ1n) is 7.63. The maximum absolute atomic E-state index is 12.6. The molecule has 1 amide bonds. The number of anilines is 1. The van der Waals surface area contributed by atoms with Crippen LogP contribution in [0.25, 0.3) is 0 Å². The average Bonchev–Trinajstić information content (AvgIpc) is 2.52. The second-order valence-electron chi connectivity index (χ2n) is 5.73. The lowest BCUT2D eigenvalue weighted by Gasteiger charge is -2.35. The summed E-state index contributed by atoms with van der Waals surface area (Å²) in [7, 11) is 4.13. The number of nitrogens with zero attached hydrogens (tertiary/aromatic N) is 4. The molecule has 116 valence electrons. The number of likely N-dealkylation sites (tertiary alicyclic amines) is 1. The minimum Gasteiger partial charge on any atom is -0.369 e. The normalized spacial score (nSPS) is 18.9. The molecule has 1 aromatic rings. The fourth-order valence-electron chi connectivity index (χ4n) is 2.53. The van der Waals surface area contributed by atoms with Gasteiger partial charge in [-0.1, -0.05) is 6.92 Å². The van der Waals surface area contributed by atoms with E-state index in [0.717, 1.165) is 38.9 Å². The molecular weight excluding hydrogens is 266 g/mol. The summed E-state index contributed by atoms with van der Waals surface area (Å²) in [5.74, 6) is 0.651. The zero-order valence-electron chi connectivity index (χ0n) is 13.2. The SMILES string of the molecule is CCCNc1cncc(C(=O)N2CCCC(N(C)C)C2)n1. The Morgan fingerprint density at radius 2 is 2.29 bits per heavy atom. The standard InChI is InChI=1S/C15H25N5O/c1-4-7-17-14-10-16-9-13(18-14)15(21)20-8-5-6-12(11-20)19(2)3/h9-10,12H,4-8,11H2,1-3H3,(H,17,18). The van der Waals surface area contributed by atoms with Crippen molar-refractivity contribution in [1.29, 1.82) is 0 Å². The van der Waals surface area contributed by atoms with Crippen LogP contribution in [0.1, 0.15) is 36.7 Å². The van der Waals surface area contributed by atoms with Gasteiger partial charge in [-0.15, -0.1) is 0 Å². The van der Waals surface area contributed by atoms with Crippen molar-refractivity contribution in [2.75, 3.05) is 39.0 Å². The lowest BCUT2D eigenvalue weighted by Crippen LogP contribution is -2.47. The number of nitrogens with one attached hydrogen (secondary N) is 1. The second kappa shape index (κ2) is 7.36. The highest BCUT2D eigenvalue weighted by molar-refractivity contribution is 5.92. The second-order valence-corrected chi connectivity index (χ2v) is 5.73. The Kier molecular flexibility index (Phi) is 5.50. The van der Waals surface area contributed by atoms with Crippen LogP contribution in [-0.2, 0) is 0 Å². The van der Waals surface area contributed by atoms with Gasteiger partial charge in [-0.2, -0.15) is 0 Å². The zero-order valence-corrected chi connectivity index (χ0v) is 13.2. The molecule has 1 aromatic heterocycles. The predicted molar refractivity (Wildman–Crippen MR) is 83.4 cm³/mol. The van der Waals surface area contributed by atoms with E-state index >= 15 is 0 Å². The van der Waals surface area contributed by atoms with E-state index in [9.17, 15) is 4.79 Å². The Morgan fingerprint density at radius 3 is 3.00 bits per heavy atom. The van der Waals surface area contributed by atoms with Crippen LogP contribution in [0.4, 0.5) is 5.82 Å². The van der Waals surface area contributed by atoms with Gasteiger partial charge in [-0.25, -0.2) is 4.98 Å². The first-order valence-corrected chi connectivity index (χ1v) is 7.63. The number of piperidine rings is 1. The number of rotatable bonds is 5. The topological polar surface area (TPSA) is 61.4 Å². The molecule has 0 bridgehead atoms. The predicted octanol–water partition coefficient (Wildman–Crippen LogP) is 1.46. The fourth-order valence-corrected chi connectivity index (χ4v) is 2.53. The van der Waals surface area contributed by atoms with Crippen LogP contribution in [0.3, 0.4) is 0 Å². The number of hydrogen-bond acceptors (Lipinski definition) is 5. The third-order valence-electron chi connectivity index (χ3n) is 3.82. The molecule has 1 fully saturated rings. The van der Waals surface area contributed by atoms with Gasteiger partial charge in [0.05, 0.1) is 12.4 Å². The number of likely N-dealkylation sites (N-methyl/N-ethyl adjacent to an activating group) is 1. The van der Waals surface area contributed by atoms with Gasteiger partial charge in [0.15, 0.2) is 0 Å². The average molecular weight is 291 g/mol. The highest BCUT2D eigenvalue weighted by atomic mass is 16.2. The van der Waals surface area contributed by atoms with Gasteiger partial charge in [0, 0.05) is 25.7 Å². The summed E-state index contributed by atoms with van der Waals surface area (Å²) in [6.45, 7) is 4.49. The van der Waals surface area contributed by atoms with Crippen LogP contribution in [0.5, 0.6) is 0 Å². The van der Waals surface area contributed by atoms with Crippen molar-refractivity contribution in [1.82, 2.24) is 19.8 Å². The smallest absolute Gasteiger partial charge is 0.274 e. The Balaban J connectivity index is 2.05. The minimum absolute atomic E-state index is 0.0193. The number of amides is 1. The van der Waals surface area contributed by atoms with E-state index in [-0.39, 0.29) is 5.91 Å². The minimum atomic E-state index is -0.0193. The summed E-state index contributed by atoms with van der Waals surface area (Å²) in [5, 5.41) is 3.17. The highest BCUT2D eigenvalue weighted by Gasteiger charge is 2.26. The first kappa shape index (κ1) is 15.7. The Hall–Kier alpha value is -1.69. The molecule has 2 rings (SSSR count). The van der Waals surface area contributed by atoms with Crippen molar-refractivity contribution in [2.24, 2.45) is 0 Å². The Labute approximate surface area is 126 Å². The van der Waals surface area contributed by atoms with Crippen LogP contribution in [0.2, 0.25) is 0 Å². The van der Waals surface area contributed by atoms with E-state index in [1.807, 2.05) is 4.90 Å². The van der Waals surface area contributed by atoms with Gasteiger partial charge in [0.25, 0.3) is 5.91 Å². The molecular formula is C15H25N5O. The first-order chi connectivity index (χ1) is 10.1. The number of carbonyl (C=O) groups excluding carboxylic acids is 1. The van der Waals surface area contributed by atoms with E-state index < -0.39 is 0 Å². The van der Waals surface area contributed by atoms with E-state index in [4.69, 9.17) is 0 Å². The van der Waals surface area contributed by atoms with Crippen molar-refractivity contribution in [3.63, 3.8) is 0 Å². The van der Waals surface area contributed by atoms with Gasteiger partial charge in [0.1, 0.15) is 11.5 Å². The van der Waals surface area contributed by atoms with Crippen LogP contribution in [-0.4, -0.2) is 65.4 Å². The maximum Gasteiger partial charge on any atom is 0.274 e. The van der Waals surface area contributed by atoms with Gasteiger partial charge >= 0.3 is 0 Å². The zero-order chi connectivity index (χ0) is 15.2.